The second kappa shape index (κ2) is 7.62. The Morgan fingerprint density at radius 3 is 2.74 bits per heavy atom. The van der Waals surface area contributed by atoms with E-state index >= 15 is 0 Å². The number of rotatable bonds is 5. The quantitative estimate of drug-likeness (QED) is 0.635. The maximum absolute atomic E-state index is 12.9. The highest BCUT2D eigenvalue weighted by Crippen LogP contribution is 2.46. The molecule has 1 saturated carbocycles. The lowest BCUT2D eigenvalue weighted by molar-refractivity contribution is -0.119. The number of fused-ring (bicyclic) bond motifs is 1. The third-order valence-corrected chi connectivity index (χ3v) is 7.26. The Kier molecular flexibility index (Phi) is 4.91. The van der Waals surface area contributed by atoms with Gasteiger partial charge in [0.05, 0.1) is 0 Å². The monoisotopic (exact) mass is 419 g/mol. The normalized spacial score (nSPS) is 17.8. The van der Waals surface area contributed by atoms with Crippen molar-refractivity contribution in [2.75, 3.05) is 18.0 Å². The van der Waals surface area contributed by atoms with E-state index in [1.807, 2.05) is 42.8 Å². The molecule has 1 aliphatic heterocycles. The van der Waals surface area contributed by atoms with E-state index in [0.717, 1.165) is 35.7 Å². The Hall–Kier alpha value is -2.96. The molecule has 2 fully saturated rings. The van der Waals surface area contributed by atoms with Crippen molar-refractivity contribution in [3.05, 3.63) is 57.8 Å². The molecule has 3 aromatic rings. The summed E-state index contributed by atoms with van der Waals surface area (Å²) in [6.07, 6.45) is 12.2. The summed E-state index contributed by atoms with van der Waals surface area (Å²) in [7, 11) is 0. The summed E-state index contributed by atoms with van der Waals surface area (Å²) in [5.41, 5.74) is 3.57. The van der Waals surface area contributed by atoms with Crippen LogP contribution in [0.1, 0.15) is 48.8 Å². The van der Waals surface area contributed by atoms with Gasteiger partial charge in [-0.15, -0.1) is 0 Å². The molecule has 4 heterocycles. The van der Waals surface area contributed by atoms with Crippen molar-refractivity contribution in [2.24, 2.45) is 5.41 Å². The van der Waals surface area contributed by atoms with Gasteiger partial charge in [0, 0.05) is 49.2 Å². The standard InChI is InChI=1S/C24H29N5O2/c1-17-18(2)23(31)29(26-22(17)28-11-8-24(16-28)6-3-4-7-24)15-20(30)13-19-5-10-27-12-9-25-21(27)14-19/h5,9-10,12,14H,3-4,6-8,11,13,15-16H2,1-2H3. The van der Waals surface area contributed by atoms with Crippen molar-refractivity contribution in [1.82, 2.24) is 19.2 Å². The molecule has 0 N–H and O–H groups in total. The van der Waals surface area contributed by atoms with Gasteiger partial charge in [-0.3, -0.25) is 9.59 Å². The highest BCUT2D eigenvalue weighted by molar-refractivity contribution is 5.81. The first-order chi connectivity index (χ1) is 14.9. The van der Waals surface area contributed by atoms with Crippen LogP contribution in [-0.4, -0.2) is 38.0 Å². The highest BCUT2D eigenvalue weighted by atomic mass is 16.1. The summed E-state index contributed by atoms with van der Waals surface area (Å²) in [6.45, 7) is 5.80. The minimum absolute atomic E-state index is 0.00838. The first-order valence-corrected chi connectivity index (χ1v) is 11.2. The summed E-state index contributed by atoms with van der Waals surface area (Å²) in [4.78, 5) is 32.3. The van der Waals surface area contributed by atoms with Crippen molar-refractivity contribution in [3.63, 3.8) is 0 Å². The SMILES string of the molecule is Cc1c(N2CCC3(CCCC3)C2)nn(CC(=O)Cc2ccn3ccnc3c2)c(=O)c1C. The Labute approximate surface area is 181 Å². The third kappa shape index (κ3) is 3.66. The molecule has 1 spiro atoms. The number of imidazole rings is 1. The lowest BCUT2D eigenvalue weighted by Gasteiger charge is -2.25. The van der Waals surface area contributed by atoms with Gasteiger partial charge in [-0.05, 0) is 56.2 Å². The molecular weight excluding hydrogens is 390 g/mol. The minimum Gasteiger partial charge on any atom is -0.354 e. The molecular formula is C24H29N5O2. The van der Waals surface area contributed by atoms with Gasteiger partial charge in [0.1, 0.15) is 12.2 Å². The predicted molar refractivity (Wildman–Crippen MR) is 120 cm³/mol. The third-order valence-electron chi connectivity index (χ3n) is 7.26. The van der Waals surface area contributed by atoms with Gasteiger partial charge >= 0.3 is 0 Å². The molecule has 31 heavy (non-hydrogen) atoms. The van der Waals surface area contributed by atoms with Crippen LogP contribution in [-0.2, 0) is 17.8 Å². The number of hydrogen-bond acceptors (Lipinski definition) is 5. The molecule has 7 nitrogen and oxygen atoms in total. The molecule has 0 atom stereocenters. The molecule has 0 aromatic carbocycles. The lowest BCUT2D eigenvalue weighted by atomic mass is 9.86. The van der Waals surface area contributed by atoms with Gasteiger partial charge in [-0.2, -0.15) is 5.10 Å². The molecule has 5 rings (SSSR count). The maximum Gasteiger partial charge on any atom is 0.270 e. The average molecular weight is 420 g/mol. The number of Topliss-reactive ketones (excluding diaryl/α,β-unsaturated/α-hetero) is 1. The maximum atomic E-state index is 12.9. The van der Waals surface area contributed by atoms with Gasteiger partial charge in [-0.25, -0.2) is 9.67 Å². The molecule has 0 unspecified atom stereocenters. The summed E-state index contributed by atoms with van der Waals surface area (Å²) in [5.74, 6) is 0.834. The van der Waals surface area contributed by atoms with Crippen LogP contribution in [0.15, 0.2) is 35.5 Å². The van der Waals surface area contributed by atoms with Crippen molar-refractivity contribution in [1.29, 1.82) is 0 Å². The number of hydrogen-bond donors (Lipinski definition) is 0. The first-order valence-electron chi connectivity index (χ1n) is 11.2. The molecule has 1 aliphatic carbocycles. The first kappa shape index (κ1) is 20.0. The number of ketones is 1. The Bertz CT molecular complexity index is 1200. The van der Waals surface area contributed by atoms with E-state index in [9.17, 15) is 9.59 Å². The van der Waals surface area contributed by atoms with E-state index in [4.69, 9.17) is 0 Å². The highest BCUT2D eigenvalue weighted by Gasteiger charge is 2.41. The van der Waals surface area contributed by atoms with Crippen LogP contribution >= 0.6 is 0 Å². The predicted octanol–water partition coefficient (Wildman–Crippen LogP) is 3.09. The van der Waals surface area contributed by atoms with Gasteiger partial charge in [0.2, 0.25) is 0 Å². The number of nitrogens with zero attached hydrogens (tertiary/aromatic N) is 5. The number of aromatic nitrogens is 4. The summed E-state index contributed by atoms with van der Waals surface area (Å²) in [5, 5.41) is 4.69. The molecule has 2 aliphatic rings. The van der Waals surface area contributed by atoms with Crippen LogP contribution in [0.2, 0.25) is 0 Å². The van der Waals surface area contributed by atoms with Gasteiger partial charge < -0.3 is 9.30 Å². The zero-order chi connectivity index (χ0) is 21.6. The van der Waals surface area contributed by atoms with E-state index in [1.165, 1.54) is 36.8 Å². The molecule has 162 valence electrons. The number of carbonyl (C=O) groups excluding carboxylic acids is 1. The van der Waals surface area contributed by atoms with E-state index in [2.05, 4.69) is 15.0 Å². The molecule has 1 saturated heterocycles. The van der Waals surface area contributed by atoms with Crippen molar-refractivity contribution >= 4 is 17.2 Å². The summed E-state index contributed by atoms with van der Waals surface area (Å²) >= 11 is 0. The second-order valence-corrected chi connectivity index (χ2v) is 9.36. The smallest absolute Gasteiger partial charge is 0.270 e. The minimum atomic E-state index is -0.173. The fourth-order valence-electron chi connectivity index (χ4n) is 5.33. The van der Waals surface area contributed by atoms with Crippen molar-refractivity contribution in [3.8, 4) is 0 Å². The van der Waals surface area contributed by atoms with E-state index in [0.29, 0.717) is 11.0 Å². The second-order valence-electron chi connectivity index (χ2n) is 9.36. The fourth-order valence-corrected chi connectivity index (χ4v) is 5.33. The van der Waals surface area contributed by atoms with Crippen LogP contribution < -0.4 is 10.5 Å². The molecule has 3 aromatic heterocycles. The Morgan fingerprint density at radius 1 is 1.13 bits per heavy atom. The molecule has 7 heteroatoms. The number of carbonyl (C=O) groups is 1. The van der Waals surface area contributed by atoms with Gasteiger partial charge in [-0.1, -0.05) is 12.8 Å². The van der Waals surface area contributed by atoms with Crippen LogP contribution in [0.5, 0.6) is 0 Å². The molecule has 0 radical (unpaired) electrons. The number of pyridine rings is 1. The zero-order valence-corrected chi connectivity index (χ0v) is 18.3. The van der Waals surface area contributed by atoms with Crippen LogP contribution in [0.4, 0.5) is 5.82 Å². The van der Waals surface area contributed by atoms with E-state index < -0.39 is 0 Å². The summed E-state index contributed by atoms with van der Waals surface area (Å²) < 4.78 is 3.27. The van der Waals surface area contributed by atoms with Crippen molar-refractivity contribution < 1.29 is 4.79 Å². The molecule has 0 bridgehead atoms. The number of anilines is 1. The summed E-state index contributed by atoms with van der Waals surface area (Å²) in [6, 6.07) is 3.82. The zero-order valence-electron chi connectivity index (χ0n) is 18.3. The Balaban J connectivity index is 1.37. The lowest BCUT2D eigenvalue weighted by Crippen LogP contribution is -2.34. The van der Waals surface area contributed by atoms with Gasteiger partial charge in [0.15, 0.2) is 11.6 Å². The van der Waals surface area contributed by atoms with Crippen LogP contribution in [0.25, 0.3) is 5.65 Å². The Morgan fingerprint density at radius 2 is 1.94 bits per heavy atom. The van der Waals surface area contributed by atoms with E-state index in [1.54, 1.807) is 6.20 Å². The molecule has 0 amide bonds. The van der Waals surface area contributed by atoms with Gasteiger partial charge in [0.25, 0.3) is 5.56 Å². The van der Waals surface area contributed by atoms with Crippen LogP contribution in [0, 0.1) is 19.3 Å². The van der Waals surface area contributed by atoms with E-state index in [-0.39, 0.29) is 24.3 Å². The largest absolute Gasteiger partial charge is 0.354 e. The van der Waals surface area contributed by atoms with Crippen LogP contribution in [0.3, 0.4) is 0 Å². The fraction of sp³-hybridized carbons (Fsp3) is 0.500. The topological polar surface area (TPSA) is 72.5 Å². The van der Waals surface area contributed by atoms with Crippen molar-refractivity contribution in [2.45, 2.75) is 58.9 Å². The average Bonchev–Trinajstić information content (AvgIpc) is 3.50.